The third-order valence-electron chi connectivity index (χ3n) is 3.21. The highest BCUT2D eigenvalue weighted by Crippen LogP contribution is 2.32. The minimum absolute atomic E-state index is 0.0434. The lowest BCUT2D eigenvalue weighted by Crippen LogP contribution is -2.40. The number of carboxylic acid groups (broad SMARTS) is 1. The van der Waals surface area contributed by atoms with Crippen molar-refractivity contribution in [2.45, 2.75) is 23.8 Å². The van der Waals surface area contributed by atoms with E-state index in [4.69, 9.17) is 21.4 Å². The van der Waals surface area contributed by atoms with E-state index in [-0.39, 0.29) is 16.5 Å². The molecule has 20 heavy (non-hydrogen) atoms. The Morgan fingerprint density at radius 2 is 2.20 bits per heavy atom. The van der Waals surface area contributed by atoms with Gasteiger partial charge in [-0.2, -0.15) is 4.31 Å². The van der Waals surface area contributed by atoms with Gasteiger partial charge in [-0.15, -0.1) is 0 Å². The number of ether oxygens (including phenoxy) is 1. The second-order valence-corrected chi connectivity index (χ2v) is 6.67. The molecule has 1 aromatic rings. The predicted molar refractivity (Wildman–Crippen MR) is 72.6 cm³/mol. The number of carbonyl (C=O) groups is 1. The normalized spacial score (nSPS) is 20.0. The Kier molecular flexibility index (Phi) is 4.22. The summed E-state index contributed by atoms with van der Waals surface area (Å²) < 4.78 is 31.1. The third kappa shape index (κ3) is 2.61. The van der Waals surface area contributed by atoms with E-state index in [9.17, 15) is 13.2 Å². The highest BCUT2D eigenvalue weighted by molar-refractivity contribution is 7.89. The molecule has 1 aromatic carbocycles. The van der Waals surface area contributed by atoms with Gasteiger partial charge in [-0.25, -0.2) is 8.42 Å². The van der Waals surface area contributed by atoms with Crippen LogP contribution >= 0.6 is 11.6 Å². The molecule has 0 saturated carbocycles. The summed E-state index contributed by atoms with van der Waals surface area (Å²) in [7, 11) is -2.54. The molecule has 0 spiro atoms. The molecule has 110 valence electrons. The molecule has 1 aliphatic rings. The minimum Gasteiger partial charge on any atom is -0.497 e. The van der Waals surface area contributed by atoms with Gasteiger partial charge in [-0.1, -0.05) is 11.6 Å². The maximum absolute atomic E-state index is 12.6. The van der Waals surface area contributed by atoms with Gasteiger partial charge in [0.05, 0.1) is 12.1 Å². The van der Waals surface area contributed by atoms with E-state index in [1.807, 2.05) is 0 Å². The van der Waals surface area contributed by atoms with Crippen molar-refractivity contribution in [2.24, 2.45) is 0 Å². The summed E-state index contributed by atoms with van der Waals surface area (Å²) in [6.45, 7) is 0.173. The lowest BCUT2D eigenvalue weighted by molar-refractivity contribution is -0.140. The molecule has 1 heterocycles. The van der Waals surface area contributed by atoms with Gasteiger partial charge in [0.15, 0.2) is 0 Å². The Hall–Kier alpha value is -1.31. The quantitative estimate of drug-likeness (QED) is 0.911. The van der Waals surface area contributed by atoms with Gasteiger partial charge < -0.3 is 9.84 Å². The van der Waals surface area contributed by atoms with Crippen molar-refractivity contribution in [3.63, 3.8) is 0 Å². The van der Waals surface area contributed by atoms with Crippen LogP contribution in [0.25, 0.3) is 0 Å². The monoisotopic (exact) mass is 319 g/mol. The zero-order chi connectivity index (χ0) is 14.9. The first-order chi connectivity index (χ1) is 9.37. The zero-order valence-corrected chi connectivity index (χ0v) is 12.3. The van der Waals surface area contributed by atoms with Crippen molar-refractivity contribution in [3.05, 3.63) is 23.2 Å². The number of sulfonamides is 1. The van der Waals surface area contributed by atoms with Crippen molar-refractivity contribution in [1.82, 2.24) is 4.31 Å². The second-order valence-electron chi connectivity index (χ2n) is 4.41. The Labute approximate surface area is 122 Å². The number of hydrogen-bond acceptors (Lipinski definition) is 4. The van der Waals surface area contributed by atoms with Crippen molar-refractivity contribution in [3.8, 4) is 5.75 Å². The van der Waals surface area contributed by atoms with Gasteiger partial charge in [0.25, 0.3) is 0 Å². The number of rotatable bonds is 4. The average molecular weight is 320 g/mol. The summed E-state index contributed by atoms with van der Waals surface area (Å²) in [6.07, 6.45) is 0.813. The van der Waals surface area contributed by atoms with E-state index in [2.05, 4.69) is 0 Å². The summed E-state index contributed by atoms with van der Waals surface area (Å²) in [4.78, 5) is 11.0. The largest absolute Gasteiger partial charge is 0.497 e. The number of methoxy groups -OCH3 is 1. The van der Waals surface area contributed by atoms with Crippen LogP contribution in [0.3, 0.4) is 0 Å². The van der Waals surface area contributed by atoms with Gasteiger partial charge in [-0.05, 0) is 25.0 Å². The third-order valence-corrected chi connectivity index (χ3v) is 5.60. The molecule has 0 bridgehead atoms. The van der Waals surface area contributed by atoms with Gasteiger partial charge in [0.1, 0.15) is 16.7 Å². The number of hydrogen-bond donors (Lipinski definition) is 1. The Bertz CT molecular complexity index is 631. The first-order valence-electron chi connectivity index (χ1n) is 5.96. The van der Waals surface area contributed by atoms with Crippen LogP contribution in [0.2, 0.25) is 5.02 Å². The number of nitrogens with zero attached hydrogens (tertiary/aromatic N) is 1. The van der Waals surface area contributed by atoms with E-state index in [1.54, 1.807) is 6.07 Å². The highest BCUT2D eigenvalue weighted by Gasteiger charge is 2.40. The fraction of sp³-hybridized carbons (Fsp3) is 0.417. The molecule has 1 atom stereocenters. The predicted octanol–water partition coefficient (Wildman–Crippen LogP) is 1.59. The van der Waals surface area contributed by atoms with Crippen molar-refractivity contribution >= 4 is 27.6 Å². The van der Waals surface area contributed by atoms with Crippen LogP contribution in [-0.2, 0) is 14.8 Å². The van der Waals surface area contributed by atoms with Crippen molar-refractivity contribution < 1.29 is 23.1 Å². The van der Waals surface area contributed by atoms with Crippen LogP contribution in [0.4, 0.5) is 0 Å². The van der Waals surface area contributed by atoms with Crippen LogP contribution in [0.1, 0.15) is 12.8 Å². The molecule has 0 aliphatic carbocycles. The smallest absolute Gasteiger partial charge is 0.322 e. The fourth-order valence-corrected chi connectivity index (χ4v) is 4.35. The average Bonchev–Trinajstić information content (AvgIpc) is 2.89. The standard InChI is InChI=1S/C12H14ClNO5S/c1-19-8-4-5-9(13)11(7-8)20(17,18)14-6-2-3-10(14)12(15)16/h4-5,7,10H,2-3,6H2,1H3,(H,15,16). The lowest BCUT2D eigenvalue weighted by Gasteiger charge is -2.21. The van der Waals surface area contributed by atoms with Crippen molar-refractivity contribution in [1.29, 1.82) is 0 Å². The highest BCUT2D eigenvalue weighted by atomic mass is 35.5. The summed E-state index contributed by atoms with van der Waals surface area (Å²) in [5, 5.41) is 9.14. The van der Waals surface area contributed by atoms with E-state index >= 15 is 0 Å². The summed E-state index contributed by atoms with van der Waals surface area (Å²) in [6, 6.07) is 3.22. The van der Waals surface area contributed by atoms with E-state index in [0.717, 1.165) is 4.31 Å². The Morgan fingerprint density at radius 1 is 1.50 bits per heavy atom. The molecule has 0 amide bonds. The molecule has 0 radical (unpaired) electrons. The molecule has 1 unspecified atom stereocenters. The SMILES string of the molecule is COc1ccc(Cl)c(S(=O)(=O)N2CCCC2C(=O)O)c1. The Morgan fingerprint density at radius 3 is 2.80 bits per heavy atom. The molecular weight excluding hydrogens is 306 g/mol. The van der Waals surface area contributed by atoms with Crippen LogP contribution < -0.4 is 4.74 Å². The summed E-state index contributed by atoms with van der Waals surface area (Å²) in [5.74, 6) is -0.802. The number of aliphatic carboxylic acids is 1. The van der Waals surface area contributed by atoms with Crippen LogP contribution in [-0.4, -0.2) is 43.5 Å². The molecule has 0 aromatic heterocycles. The van der Waals surface area contributed by atoms with Crippen LogP contribution in [0.5, 0.6) is 5.75 Å². The minimum atomic E-state index is -3.96. The van der Waals surface area contributed by atoms with E-state index in [0.29, 0.717) is 18.6 Å². The number of carboxylic acids is 1. The van der Waals surface area contributed by atoms with Crippen LogP contribution in [0.15, 0.2) is 23.1 Å². The van der Waals surface area contributed by atoms with Gasteiger partial charge >= 0.3 is 5.97 Å². The fourth-order valence-electron chi connectivity index (χ4n) is 2.21. The molecule has 1 aliphatic heterocycles. The molecule has 1 saturated heterocycles. The molecule has 6 nitrogen and oxygen atoms in total. The topological polar surface area (TPSA) is 83.9 Å². The summed E-state index contributed by atoms with van der Waals surface area (Å²) in [5.41, 5.74) is 0. The molecule has 2 rings (SSSR count). The molecular formula is C12H14ClNO5S. The summed E-state index contributed by atoms with van der Waals surface area (Å²) >= 11 is 5.93. The van der Waals surface area contributed by atoms with Crippen molar-refractivity contribution in [2.75, 3.05) is 13.7 Å². The zero-order valence-electron chi connectivity index (χ0n) is 10.7. The maximum atomic E-state index is 12.6. The van der Waals surface area contributed by atoms with Gasteiger partial charge in [-0.3, -0.25) is 4.79 Å². The van der Waals surface area contributed by atoms with Gasteiger partial charge in [0.2, 0.25) is 10.0 Å². The van der Waals surface area contributed by atoms with E-state index < -0.39 is 22.0 Å². The second kappa shape index (κ2) is 5.59. The lowest BCUT2D eigenvalue weighted by atomic mass is 10.2. The number of benzene rings is 1. The molecule has 1 fully saturated rings. The maximum Gasteiger partial charge on any atom is 0.322 e. The van der Waals surface area contributed by atoms with Crippen LogP contribution in [0, 0.1) is 0 Å². The van der Waals surface area contributed by atoms with E-state index in [1.165, 1.54) is 19.2 Å². The number of halogens is 1. The molecule has 8 heteroatoms. The first kappa shape index (κ1) is 15.1. The first-order valence-corrected chi connectivity index (χ1v) is 7.78. The Balaban J connectivity index is 2.47. The molecule has 1 N–H and O–H groups in total. The van der Waals surface area contributed by atoms with Gasteiger partial charge in [0, 0.05) is 12.6 Å².